The average molecular weight is 1030 g/mol. The third-order valence-corrected chi connectivity index (χ3v) is 15.5. The van der Waals surface area contributed by atoms with Gasteiger partial charge in [0.05, 0.1) is 17.1 Å². The molecule has 74 heavy (non-hydrogen) atoms. The number of aromatic hydroxyl groups is 3. The zero-order chi connectivity index (χ0) is 54.0. The molecule has 6 saturated heterocycles. The van der Waals surface area contributed by atoms with Crippen molar-refractivity contribution in [1.29, 1.82) is 0 Å². The summed E-state index contributed by atoms with van der Waals surface area (Å²) in [6.07, 6.45) is 7.74. The number of anilines is 6. The number of nitrogens with two attached hydrogens (primary N) is 3. The van der Waals surface area contributed by atoms with Crippen molar-refractivity contribution in [3.63, 3.8) is 0 Å². The number of phenols is 3. The first-order valence-electron chi connectivity index (χ1n) is 26.5. The first kappa shape index (κ1) is 55.4. The third-order valence-electron chi connectivity index (χ3n) is 15.5. The Morgan fingerprint density at radius 2 is 0.676 bits per heavy atom. The molecule has 6 aliphatic rings. The first-order valence-corrected chi connectivity index (χ1v) is 26.5. The van der Waals surface area contributed by atoms with Gasteiger partial charge in [0.25, 0.3) is 0 Å². The van der Waals surface area contributed by atoms with Crippen molar-refractivity contribution in [2.75, 3.05) is 110 Å². The van der Waals surface area contributed by atoms with E-state index in [1.807, 2.05) is 90.3 Å². The summed E-state index contributed by atoms with van der Waals surface area (Å²) in [7, 11) is 0. The average Bonchev–Trinajstić information content (AvgIpc) is 3.29. The van der Waals surface area contributed by atoms with E-state index in [0.717, 1.165) is 147 Å². The molecule has 18 nitrogen and oxygen atoms in total. The maximum atomic E-state index is 12.2. The highest BCUT2D eigenvalue weighted by atomic mass is 16.6. The summed E-state index contributed by atoms with van der Waals surface area (Å²) in [6, 6.07) is 16.3. The lowest BCUT2D eigenvalue weighted by Crippen LogP contribution is -2.62. The molecule has 0 saturated carbocycles. The van der Waals surface area contributed by atoms with Gasteiger partial charge in [0.15, 0.2) is 0 Å². The largest absolute Gasteiger partial charge is 0.506 e. The lowest BCUT2D eigenvalue weighted by Gasteiger charge is -2.55. The summed E-state index contributed by atoms with van der Waals surface area (Å²) in [5, 5.41) is 29.4. The Hall–Kier alpha value is -6.33. The van der Waals surface area contributed by atoms with Crippen LogP contribution in [-0.4, -0.2) is 144 Å². The van der Waals surface area contributed by atoms with Gasteiger partial charge in [-0.1, -0.05) is 0 Å². The van der Waals surface area contributed by atoms with Gasteiger partial charge in [0.1, 0.15) is 34.1 Å². The van der Waals surface area contributed by atoms with Gasteiger partial charge in [-0.3, -0.25) is 0 Å². The maximum absolute atomic E-state index is 12.2. The number of rotatable bonds is 3. The summed E-state index contributed by atoms with van der Waals surface area (Å²) < 4.78 is 16.4. The highest BCUT2D eigenvalue weighted by Gasteiger charge is 2.49. The molecule has 408 valence electrons. The number of piperidine rings is 4. The fourth-order valence-electron chi connectivity index (χ4n) is 10.9. The predicted molar refractivity (Wildman–Crippen MR) is 292 cm³/mol. The van der Waals surface area contributed by atoms with E-state index in [1.54, 1.807) is 41.3 Å². The van der Waals surface area contributed by atoms with Crippen molar-refractivity contribution in [3.05, 3.63) is 54.6 Å². The van der Waals surface area contributed by atoms with E-state index in [9.17, 15) is 29.7 Å². The van der Waals surface area contributed by atoms with Gasteiger partial charge < -0.3 is 76.1 Å². The molecule has 3 spiro atoms. The van der Waals surface area contributed by atoms with E-state index < -0.39 is 16.8 Å². The van der Waals surface area contributed by atoms with Crippen molar-refractivity contribution >= 4 is 52.4 Å². The number of benzene rings is 3. The number of carbonyl (C=O) groups excluding carboxylic acids is 3. The fourth-order valence-corrected chi connectivity index (χ4v) is 10.9. The fraction of sp³-hybridized carbons (Fsp3) is 0.625. The van der Waals surface area contributed by atoms with Crippen LogP contribution in [0.4, 0.5) is 48.5 Å². The van der Waals surface area contributed by atoms with Crippen molar-refractivity contribution in [1.82, 2.24) is 14.7 Å². The van der Waals surface area contributed by atoms with Gasteiger partial charge in [-0.2, -0.15) is 0 Å². The molecule has 6 fully saturated rings. The van der Waals surface area contributed by atoms with Crippen LogP contribution in [0.2, 0.25) is 0 Å². The van der Waals surface area contributed by atoms with Crippen LogP contribution in [0.25, 0.3) is 0 Å². The smallest absolute Gasteiger partial charge is 0.410 e. The molecule has 9 N–H and O–H groups in total. The summed E-state index contributed by atoms with van der Waals surface area (Å²) >= 11 is 0. The quantitative estimate of drug-likeness (QED) is 0.0815. The normalized spacial score (nSPS) is 20.1. The molecular weight excluding hydrogens is 943 g/mol. The van der Waals surface area contributed by atoms with Gasteiger partial charge in [0, 0.05) is 125 Å². The van der Waals surface area contributed by atoms with Crippen molar-refractivity contribution in [2.45, 2.75) is 130 Å². The highest BCUT2D eigenvalue weighted by Crippen LogP contribution is 2.46. The van der Waals surface area contributed by atoms with Crippen LogP contribution in [0.15, 0.2) is 54.6 Å². The highest BCUT2D eigenvalue weighted by molar-refractivity contribution is 5.70. The second-order valence-electron chi connectivity index (χ2n) is 24.8. The minimum Gasteiger partial charge on any atom is -0.506 e. The van der Waals surface area contributed by atoms with E-state index in [4.69, 9.17) is 31.4 Å². The predicted octanol–water partition coefficient (Wildman–Crippen LogP) is 9.22. The molecule has 9 rings (SSSR count). The third kappa shape index (κ3) is 14.1. The van der Waals surface area contributed by atoms with Crippen LogP contribution >= 0.6 is 0 Å². The molecule has 18 heteroatoms. The van der Waals surface area contributed by atoms with E-state index in [-0.39, 0.29) is 46.4 Å². The second kappa shape index (κ2) is 21.5. The topological polar surface area (TPSA) is 237 Å². The number of hydrogen-bond acceptors (Lipinski definition) is 15. The molecule has 0 unspecified atom stereocenters. The Bertz CT molecular complexity index is 2430. The SMILES string of the molecule is CC(C)(C)OC(=O)N1CC2(CCN(c3ccc(N)c(O)c3)CC2)C1.CC(C)(C)OC(=O)N1CCC2(CC1)CCN(c1ccc(N)c(O)c1)CC2.CC(C)(C)OC(=O)N1CCC2(CC1)CN(c1ccc(N)c(O)c1)C2. The van der Waals surface area contributed by atoms with Gasteiger partial charge >= 0.3 is 18.3 Å². The van der Waals surface area contributed by atoms with Gasteiger partial charge in [-0.05, 0) is 155 Å². The van der Waals surface area contributed by atoms with Crippen molar-refractivity contribution < 1.29 is 43.9 Å². The molecule has 3 aromatic rings. The Balaban J connectivity index is 0.000000162. The molecule has 0 atom stereocenters. The Morgan fingerprint density at radius 3 is 1.00 bits per heavy atom. The van der Waals surface area contributed by atoms with Gasteiger partial charge in [0.2, 0.25) is 0 Å². The molecule has 3 aromatic carbocycles. The molecule has 6 heterocycles. The van der Waals surface area contributed by atoms with Crippen molar-refractivity contribution in [3.8, 4) is 17.2 Å². The number of nitrogen functional groups attached to an aromatic ring is 3. The van der Waals surface area contributed by atoms with Crippen LogP contribution < -0.4 is 31.9 Å². The molecule has 0 aromatic heterocycles. The monoisotopic (exact) mass is 1030 g/mol. The molecule has 3 amide bonds. The number of likely N-dealkylation sites (tertiary alicyclic amines) is 3. The number of nitrogens with zero attached hydrogens (tertiary/aromatic N) is 6. The van der Waals surface area contributed by atoms with E-state index >= 15 is 0 Å². The van der Waals surface area contributed by atoms with Crippen LogP contribution in [0.3, 0.4) is 0 Å². The Kier molecular flexibility index (Phi) is 16.1. The minimum atomic E-state index is -0.448. The number of amides is 3. The lowest BCUT2D eigenvalue weighted by atomic mass is 9.71. The van der Waals surface area contributed by atoms with Crippen LogP contribution in [0.1, 0.15) is 114 Å². The van der Waals surface area contributed by atoms with Gasteiger partial charge in [-0.25, -0.2) is 14.4 Å². The second-order valence-corrected chi connectivity index (χ2v) is 24.8. The molecule has 6 aliphatic heterocycles. The van der Waals surface area contributed by atoms with Crippen LogP contribution in [-0.2, 0) is 14.2 Å². The summed E-state index contributed by atoms with van der Waals surface area (Å²) in [5.74, 6) is 0.411. The Morgan fingerprint density at radius 1 is 0.405 bits per heavy atom. The number of ether oxygens (including phenoxy) is 3. The van der Waals surface area contributed by atoms with Crippen molar-refractivity contribution in [2.24, 2.45) is 16.2 Å². The zero-order valence-corrected chi connectivity index (χ0v) is 45.5. The van der Waals surface area contributed by atoms with E-state index in [1.165, 1.54) is 0 Å². The lowest BCUT2D eigenvalue weighted by molar-refractivity contribution is -0.0434. The molecule has 0 aliphatic carbocycles. The molecular formula is C56H85N9O9. The van der Waals surface area contributed by atoms with E-state index in [2.05, 4.69) is 14.7 Å². The summed E-state index contributed by atoms with van der Waals surface area (Å²) in [5.41, 5.74) is 20.7. The Labute approximate surface area is 438 Å². The molecule has 0 radical (unpaired) electrons. The standard InChI is InChI=1S/C20H31N3O3.2C18H27N3O3/c1-19(2,3)26-18(25)23-12-8-20(9-13-23)6-10-22(11-7-20)15-4-5-16(21)17(24)14-15;1-17(2,3)24-16(23)20-8-6-18(7-9-20)11-21(12-18)13-4-5-14(19)15(22)10-13;1-17(2,3)24-16(23)21-11-18(12-21)6-8-20(9-7-18)13-4-5-14(19)15(22)10-13/h4-5,14,24H,6-13,21H2,1-3H3;2*4-5,10,22H,6-9,11-12,19H2,1-3H3. The summed E-state index contributed by atoms with van der Waals surface area (Å²) in [4.78, 5) is 48.7. The zero-order valence-electron chi connectivity index (χ0n) is 45.5. The number of carbonyl (C=O) groups is 3. The van der Waals surface area contributed by atoms with Crippen LogP contribution in [0, 0.1) is 16.2 Å². The first-order chi connectivity index (χ1) is 34.5. The number of hydrogen-bond donors (Lipinski definition) is 6. The number of phenolic OH excluding ortho intramolecular Hbond substituents is 3. The maximum Gasteiger partial charge on any atom is 0.410 e. The minimum absolute atomic E-state index is 0.132. The van der Waals surface area contributed by atoms with Crippen LogP contribution in [0.5, 0.6) is 17.2 Å². The molecule has 0 bridgehead atoms. The van der Waals surface area contributed by atoms with Gasteiger partial charge in [-0.15, -0.1) is 0 Å². The summed E-state index contributed by atoms with van der Waals surface area (Å²) in [6.45, 7) is 27.4. The van der Waals surface area contributed by atoms with E-state index in [0.29, 0.717) is 22.5 Å².